The van der Waals surface area contributed by atoms with Gasteiger partial charge in [0.15, 0.2) is 0 Å². The Balaban J connectivity index is 2.99. The summed E-state index contributed by atoms with van der Waals surface area (Å²) in [4.78, 5) is 21.1. The van der Waals surface area contributed by atoms with Crippen LogP contribution in [0.25, 0.3) is 0 Å². The van der Waals surface area contributed by atoms with Crippen molar-refractivity contribution in [3.63, 3.8) is 0 Å². The zero-order valence-electron chi connectivity index (χ0n) is 10.1. The Hall–Kier alpha value is -2.49. The number of esters is 1. The Bertz CT molecular complexity index is 539. The minimum Gasteiger partial charge on any atom is -0.465 e. The van der Waals surface area contributed by atoms with Gasteiger partial charge in [0.1, 0.15) is 5.92 Å². The van der Waals surface area contributed by atoms with Gasteiger partial charge in [-0.15, -0.1) is 0 Å². The van der Waals surface area contributed by atoms with Gasteiger partial charge < -0.3 is 4.74 Å². The van der Waals surface area contributed by atoms with Crippen molar-refractivity contribution >= 4 is 11.7 Å². The highest BCUT2D eigenvalue weighted by molar-refractivity contribution is 5.75. The molecule has 0 saturated carbocycles. The molecular weight excluding hydrogens is 255 g/mol. The number of hydrogen-bond acceptors (Lipinski definition) is 5. The molecule has 0 aliphatic heterocycles. The summed E-state index contributed by atoms with van der Waals surface area (Å²) < 4.78 is 18.4. The summed E-state index contributed by atoms with van der Waals surface area (Å²) in [6.45, 7) is 1.69. The Labute approximate surface area is 108 Å². The van der Waals surface area contributed by atoms with Gasteiger partial charge in [0.25, 0.3) is 0 Å². The van der Waals surface area contributed by atoms with Crippen LogP contribution in [-0.2, 0) is 16.0 Å². The van der Waals surface area contributed by atoms with Crippen molar-refractivity contribution in [1.29, 1.82) is 5.26 Å². The summed E-state index contributed by atoms with van der Waals surface area (Å²) in [5, 5.41) is 19.4. The summed E-state index contributed by atoms with van der Waals surface area (Å²) in [5.41, 5.74) is -0.744. The standard InChI is InChI=1S/C12H11FN2O4/c1-2-19-12(16)9(7-14)6-8-4-3-5-10(11(8)13)15(17)18/h3-5,9H,2,6H2,1H3. The topological polar surface area (TPSA) is 93.2 Å². The molecule has 1 atom stereocenters. The molecule has 0 amide bonds. The third kappa shape index (κ3) is 3.48. The molecule has 1 aromatic carbocycles. The van der Waals surface area contributed by atoms with E-state index in [1.54, 1.807) is 13.0 Å². The normalized spacial score (nSPS) is 11.4. The fraction of sp³-hybridized carbons (Fsp3) is 0.333. The number of halogens is 1. The first-order chi connectivity index (χ1) is 9.01. The van der Waals surface area contributed by atoms with Gasteiger partial charge in [0.2, 0.25) is 5.82 Å². The van der Waals surface area contributed by atoms with E-state index in [1.807, 2.05) is 0 Å². The van der Waals surface area contributed by atoms with Gasteiger partial charge in [-0.3, -0.25) is 14.9 Å². The number of nitro groups is 1. The Morgan fingerprint density at radius 2 is 2.32 bits per heavy atom. The van der Waals surface area contributed by atoms with Gasteiger partial charge in [-0.1, -0.05) is 12.1 Å². The van der Waals surface area contributed by atoms with Gasteiger partial charge in [0, 0.05) is 12.5 Å². The van der Waals surface area contributed by atoms with E-state index in [1.165, 1.54) is 12.1 Å². The van der Waals surface area contributed by atoms with E-state index < -0.39 is 28.3 Å². The molecule has 1 aromatic rings. The lowest BCUT2D eigenvalue weighted by molar-refractivity contribution is -0.387. The number of carbonyl (C=O) groups excluding carboxylic acids is 1. The van der Waals surface area contributed by atoms with E-state index in [0.717, 1.165) is 6.07 Å². The van der Waals surface area contributed by atoms with Crippen LogP contribution >= 0.6 is 0 Å². The first-order valence-corrected chi connectivity index (χ1v) is 5.49. The number of carbonyl (C=O) groups is 1. The van der Waals surface area contributed by atoms with Gasteiger partial charge >= 0.3 is 11.7 Å². The number of rotatable bonds is 5. The Morgan fingerprint density at radius 1 is 1.63 bits per heavy atom. The van der Waals surface area contributed by atoms with E-state index in [2.05, 4.69) is 4.74 Å². The van der Waals surface area contributed by atoms with E-state index in [9.17, 15) is 19.3 Å². The highest BCUT2D eigenvalue weighted by Crippen LogP contribution is 2.22. The van der Waals surface area contributed by atoms with Crippen LogP contribution in [0.1, 0.15) is 12.5 Å². The van der Waals surface area contributed by atoms with Gasteiger partial charge in [-0.05, 0) is 12.5 Å². The van der Waals surface area contributed by atoms with Gasteiger partial charge in [0.05, 0.1) is 17.6 Å². The smallest absolute Gasteiger partial charge is 0.323 e. The summed E-state index contributed by atoms with van der Waals surface area (Å²) in [6, 6.07) is 5.32. The fourth-order valence-electron chi connectivity index (χ4n) is 1.51. The number of nitrogens with zero attached hydrogens (tertiary/aromatic N) is 2. The van der Waals surface area contributed by atoms with Gasteiger partial charge in [-0.25, -0.2) is 0 Å². The lowest BCUT2D eigenvalue weighted by Crippen LogP contribution is -2.19. The Kier molecular flexibility index (Phi) is 4.94. The van der Waals surface area contributed by atoms with E-state index in [4.69, 9.17) is 5.26 Å². The second kappa shape index (κ2) is 6.44. The van der Waals surface area contributed by atoms with Gasteiger partial charge in [-0.2, -0.15) is 9.65 Å². The zero-order valence-corrected chi connectivity index (χ0v) is 10.1. The molecular formula is C12H11FN2O4. The summed E-state index contributed by atoms with van der Waals surface area (Å²) in [6.07, 6.45) is -0.261. The summed E-state index contributed by atoms with van der Waals surface area (Å²) in [7, 11) is 0. The molecule has 6 nitrogen and oxygen atoms in total. The van der Waals surface area contributed by atoms with Crippen LogP contribution in [0.2, 0.25) is 0 Å². The predicted molar refractivity (Wildman–Crippen MR) is 62.5 cm³/mol. The second-order valence-electron chi connectivity index (χ2n) is 3.65. The molecule has 0 radical (unpaired) electrons. The van der Waals surface area contributed by atoms with E-state index in [-0.39, 0.29) is 18.6 Å². The minimum absolute atomic E-state index is 0.0613. The lowest BCUT2D eigenvalue weighted by atomic mass is 10.00. The number of hydrogen-bond donors (Lipinski definition) is 0. The van der Waals surface area contributed by atoms with Crippen LogP contribution in [0.4, 0.5) is 10.1 Å². The highest BCUT2D eigenvalue weighted by atomic mass is 19.1. The lowest BCUT2D eigenvalue weighted by Gasteiger charge is -2.08. The number of benzene rings is 1. The molecule has 0 aromatic heterocycles. The molecule has 19 heavy (non-hydrogen) atoms. The zero-order chi connectivity index (χ0) is 14.4. The van der Waals surface area contributed by atoms with Crippen molar-refractivity contribution in [2.75, 3.05) is 6.61 Å². The fourth-order valence-corrected chi connectivity index (χ4v) is 1.51. The largest absolute Gasteiger partial charge is 0.465 e. The highest BCUT2D eigenvalue weighted by Gasteiger charge is 2.24. The molecule has 1 unspecified atom stereocenters. The van der Waals surface area contributed by atoms with Crippen molar-refractivity contribution in [2.24, 2.45) is 5.92 Å². The maximum absolute atomic E-state index is 13.8. The molecule has 0 fully saturated rings. The SMILES string of the molecule is CCOC(=O)C(C#N)Cc1cccc([N+](=O)[O-])c1F. The predicted octanol–water partition coefficient (Wildman–Crippen LogP) is 1.98. The van der Waals surface area contributed by atoms with Crippen molar-refractivity contribution in [1.82, 2.24) is 0 Å². The first-order valence-electron chi connectivity index (χ1n) is 5.49. The van der Waals surface area contributed by atoms with E-state index >= 15 is 0 Å². The average Bonchev–Trinajstić information content (AvgIpc) is 2.37. The van der Waals surface area contributed by atoms with E-state index in [0.29, 0.717) is 0 Å². The number of ether oxygens (including phenoxy) is 1. The monoisotopic (exact) mass is 266 g/mol. The molecule has 0 spiro atoms. The molecule has 0 heterocycles. The molecule has 0 bridgehead atoms. The number of nitriles is 1. The maximum Gasteiger partial charge on any atom is 0.323 e. The molecule has 0 aliphatic carbocycles. The molecule has 100 valence electrons. The number of nitro benzene ring substituents is 1. The molecule has 0 aliphatic rings. The molecule has 7 heteroatoms. The average molecular weight is 266 g/mol. The summed E-state index contributed by atoms with van der Waals surface area (Å²) in [5.74, 6) is -2.98. The first kappa shape index (κ1) is 14.6. The molecule has 0 N–H and O–H groups in total. The van der Waals surface area contributed by atoms with Crippen LogP contribution in [0.15, 0.2) is 18.2 Å². The van der Waals surface area contributed by atoms with Crippen molar-refractivity contribution in [3.8, 4) is 6.07 Å². The molecule has 0 saturated heterocycles. The second-order valence-corrected chi connectivity index (χ2v) is 3.65. The van der Waals surface area contributed by atoms with Crippen LogP contribution in [0.5, 0.6) is 0 Å². The quantitative estimate of drug-likeness (QED) is 0.461. The Morgan fingerprint density at radius 3 is 2.84 bits per heavy atom. The van der Waals surface area contributed by atoms with Crippen molar-refractivity contribution in [3.05, 3.63) is 39.7 Å². The third-order valence-corrected chi connectivity index (χ3v) is 2.41. The van der Waals surface area contributed by atoms with Crippen LogP contribution in [-0.4, -0.2) is 17.5 Å². The van der Waals surface area contributed by atoms with Crippen LogP contribution in [0, 0.1) is 33.2 Å². The van der Waals surface area contributed by atoms with Crippen molar-refractivity contribution < 1.29 is 18.8 Å². The third-order valence-electron chi connectivity index (χ3n) is 2.41. The molecule has 1 rings (SSSR count). The van der Waals surface area contributed by atoms with Crippen molar-refractivity contribution in [2.45, 2.75) is 13.3 Å². The minimum atomic E-state index is -1.18. The maximum atomic E-state index is 13.8. The van der Waals surface area contributed by atoms with Crippen LogP contribution in [0.3, 0.4) is 0 Å². The van der Waals surface area contributed by atoms with Crippen LogP contribution < -0.4 is 0 Å². The summed E-state index contributed by atoms with van der Waals surface area (Å²) >= 11 is 0.